The lowest BCUT2D eigenvalue weighted by Gasteiger charge is -2.34. The highest BCUT2D eigenvalue weighted by atomic mass is 32.2. The Kier molecular flexibility index (Phi) is 7.46. The molecule has 1 unspecified atom stereocenters. The van der Waals surface area contributed by atoms with Crippen LogP contribution >= 0.6 is 11.8 Å². The van der Waals surface area contributed by atoms with Gasteiger partial charge in [0.05, 0.1) is 31.0 Å². The third-order valence-electron chi connectivity index (χ3n) is 4.93. The van der Waals surface area contributed by atoms with E-state index in [0.29, 0.717) is 28.3 Å². The number of nitrogens with zero attached hydrogens (tertiary/aromatic N) is 1. The summed E-state index contributed by atoms with van der Waals surface area (Å²) in [5.41, 5.74) is 1.49. The molecule has 2 amide bonds. The second-order valence-corrected chi connectivity index (χ2v) is 7.64. The van der Waals surface area contributed by atoms with Gasteiger partial charge in [0.2, 0.25) is 0 Å². The van der Waals surface area contributed by atoms with Crippen molar-refractivity contribution in [2.24, 2.45) is 0 Å². The van der Waals surface area contributed by atoms with Crippen LogP contribution in [0, 0.1) is 0 Å². The van der Waals surface area contributed by atoms with Crippen LogP contribution < -0.4 is 14.8 Å². The Morgan fingerprint density at radius 3 is 2.55 bits per heavy atom. The summed E-state index contributed by atoms with van der Waals surface area (Å²) in [7, 11) is 3.17. The van der Waals surface area contributed by atoms with Gasteiger partial charge in [0.1, 0.15) is 18.1 Å². The summed E-state index contributed by atoms with van der Waals surface area (Å²) in [6.45, 7) is 2.00. The minimum atomic E-state index is -0.685. The summed E-state index contributed by atoms with van der Waals surface area (Å²) in [6.07, 6.45) is 2.00. The van der Waals surface area contributed by atoms with Crippen molar-refractivity contribution >= 4 is 23.8 Å². The molecule has 31 heavy (non-hydrogen) atoms. The van der Waals surface area contributed by atoms with E-state index in [1.807, 2.05) is 42.7 Å². The highest BCUT2D eigenvalue weighted by Crippen LogP contribution is 2.33. The molecule has 1 atom stereocenters. The lowest BCUT2D eigenvalue weighted by Crippen LogP contribution is -2.48. The first kappa shape index (κ1) is 22.6. The monoisotopic (exact) mass is 442 g/mol. The molecule has 1 aliphatic heterocycles. The third kappa shape index (κ3) is 5.14. The molecule has 0 saturated heterocycles. The van der Waals surface area contributed by atoms with Gasteiger partial charge in [-0.3, -0.25) is 4.90 Å². The second-order valence-electron chi connectivity index (χ2n) is 6.76. The van der Waals surface area contributed by atoms with Crippen molar-refractivity contribution < 1.29 is 23.8 Å². The van der Waals surface area contributed by atoms with Crippen LogP contribution in [0.15, 0.2) is 64.7 Å². The summed E-state index contributed by atoms with van der Waals surface area (Å²) in [5, 5.41) is 2.88. The van der Waals surface area contributed by atoms with Gasteiger partial charge in [-0.2, -0.15) is 0 Å². The van der Waals surface area contributed by atoms with Crippen molar-refractivity contribution in [3.63, 3.8) is 0 Å². The summed E-state index contributed by atoms with van der Waals surface area (Å²) < 4.78 is 16.6. The number of amides is 2. The predicted octanol–water partition coefficient (Wildman–Crippen LogP) is 4.01. The number of ether oxygens (including phenoxy) is 3. The standard InChI is InChI=1S/C23H26N2O5S/c1-5-29-22(26)20-19(14-30-16-9-11-18(31-4)12-10-16)25(2)23(27)24-21(20)15-7-6-8-17(13-15)28-3/h6-13,21H,5,14H2,1-4H3,(H,24,27). The fourth-order valence-corrected chi connectivity index (χ4v) is 3.68. The number of benzene rings is 2. The van der Waals surface area contributed by atoms with Crippen molar-refractivity contribution in [3.8, 4) is 11.5 Å². The summed E-state index contributed by atoms with van der Waals surface area (Å²) >= 11 is 1.64. The molecule has 2 aromatic rings. The van der Waals surface area contributed by atoms with E-state index in [4.69, 9.17) is 14.2 Å². The van der Waals surface area contributed by atoms with Crippen molar-refractivity contribution in [2.45, 2.75) is 17.9 Å². The number of thioether (sulfide) groups is 1. The molecule has 8 heteroatoms. The normalized spacial score (nSPS) is 16.1. The Balaban J connectivity index is 2.00. The van der Waals surface area contributed by atoms with Crippen molar-refractivity contribution in [3.05, 3.63) is 65.4 Å². The van der Waals surface area contributed by atoms with Crippen LogP contribution in [-0.2, 0) is 9.53 Å². The van der Waals surface area contributed by atoms with Gasteiger partial charge >= 0.3 is 12.0 Å². The Morgan fingerprint density at radius 1 is 1.16 bits per heavy atom. The maximum Gasteiger partial charge on any atom is 0.338 e. The molecular weight excluding hydrogens is 416 g/mol. The largest absolute Gasteiger partial charge is 0.497 e. The smallest absolute Gasteiger partial charge is 0.338 e. The number of carbonyl (C=O) groups is 2. The molecule has 0 radical (unpaired) electrons. The average Bonchev–Trinajstić information content (AvgIpc) is 2.80. The van der Waals surface area contributed by atoms with Crippen molar-refractivity contribution in [1.82, 2.24) is 10.2 Å². The number of hydrogen-bond donors (Lipinski definition) is 1. The van der Waals surface area contributed by atoms with Gasteiger partial charge in [-0.05, 0) is 55.1 Å². The summed E-state index contributed by atoms with van der Waals surface area (Å²) in [4.78, 5) is 28.2. The molecule has 2 aromatic carbocycles. The molecule has 0 aromatic heterocycles. The Morgan fingerprint density at radius 2 is 1.90 bits per heavy atom. The Bertz CT molecular complexity index is 974. The number of hydrogen-bond acceptors (Lipinski definition) is 6. The molecule has 1 N–H and O–H groups in total. The third-order valence-corrected chi connectivity index (χ3v) is 5.68. The number of rotatable bonds is 8. The zero-order valence-corrected chi connectivity index (χ0v) is 18.8. The Hall–Kier alpha value is -3.13. The molecule has 0 bridgehead atoms. The van der Waals surface area contributed by atoms with Crippen LogP contribution in [0.5, 0.6) is 11.5 Å². The highest BCUT2D eigenvalue weighted by Gasteiger charge is 2.37. The number of methoxy groups -OCH3 is 1. The van der Waals surface area contributed by atoms with Gasteiger partial charge < -0.3 is 19.5 Å². The lowest BCUT2D eigenvalue weighted by molar-refractivity contribution is -0.139. The number of urea groups is 1. The Labute approximate surface area is 186 Å². The molecule has 7 nitrogen and oxygen atoms in total. The van der Waals surface area contributed by atoms with Crippen LogP contribution in [0.4, 0.5) is 4.79 Å². The first-order valence-corrected chi connectivity index (χ1v) is 11.1. The average molecular weight is 443 g/mol. The topological polar surface area (TPSA) is 77.1 Å². The SMILES string of the molecule is CCOC(=O)C1=C(COc2ccc(SC)cc2)N(C)C(=O)NC1c1cccc(OC)c1. The minimum absolute atomic E-state index is 0.0388. The number of likely N-dealkylation sites (N-methyl/N-ethyl adjacent to an activating group) is 1. The van der Waals surface area contributed by atoms with E-state index >= 15 is 0 Å². The molecule has 0 fully saturated rings. The maximum absolute atomic E-state index is 12.9. The quantitative estimate of drug-likeness (QED) is 0.492. The summed E-state index contributed by atoms with van der Waals surface area (Å²) in [5.74, 6) is 0.768. The summed E-state index contributed by atoms with van der Waals surface area (Å²) in [6, 6.07) is 13.8. The highest BCUT2D eigenvalue weighted by molar-refractivity contribution is 7.98. The van der Waals surface area contributed by atoms with E-state index in [9.17, 15) is 9.59 Å². The van der Waals surface area contributed by atoms with Crippen LogP contribution in [0.3, 0.4) is 0 Å². The van der Waals surface area contributed by atoms with Gasteiger partial charge in [-0.15, -0.1) is 11.8 Å². The number of carbonyl (C=O) groups excluding carboxylic acids is 2. The van der Waals surface area contributed by atoms with Gasteiger partial charge in [0, 0.05) is 11.9 Å². The molecule has 0 saturated carbocycles. The van der Waals surface area contributed by atoms with E-state index in [1.54, 1.807) is 45.0 Å². The van der Waals surface area contributed by atoms with Crippen LogP contribution in [0.1, 0.15) is 18.5 Å². The fourth-order valence-electron chi connectivity index (χ4n) is 3.28. The van der Waals surface area contributed by atoms with E-state index < -0.39 is 12.0 Å². The molecule has 1 heterocycles. The predicted molar refractivity (Wildman–Crippen MR) is 119 cm³/mol. The lowest BCUT2D eigenvalue weighted by atomic mass is 9.94. The number of nitrogens with one attached hydrogen (secondary N) is 1. The van der Waals surface area contributed by atoms with Gasteiger partial charge in [-0.1, -0.05) is 12.1 Å². The zero-order chi connectivity index (χ0) is 22.4. The van der Waals surface area contributed by atoms with Crippen LogP contribution in [0.2, 0.25) is 0 Å². The van der Waals surface area contributed by atoms with Gasteiger partial charge in [-0.25, -0.2) is 9.59 Å². The second kappa shape index (κ2) is 10.3. The van der Waals surface area contributed by atoms with E-state index in [1.165, 1.54) is 4.90 Å². The molecular formula is C23H26N2O5S. The van der Waals surface area contributed by atoms with E-state index in [2.05, 4.69) is 5.32 Å². The minimum Gasteiger partial charge on any atom is -0.497 e. The van der Waals surface area contributed by atoms with E-state index in [-0.39, 0.29) is 19.2 Å². The zero-order valence-electron chi connectivity index (χ0n) is 18.0. The molecule has 1 aliphatic rings. The maximum atomic E-state index is 12.9. The molecule has 3 rings (SSSR count). The van der Waals surface area contributed by atoms with Crippen molar-refractivity contribution in [2.75, 3.05) is 33.6 Å². The van der Waals surface area contributed by atoms with Crippen molar-refractivity contribution in [1.29, 1.82) is 0 Å². The van der Waals surface area contributed by atoms with Crippen LogP contribution in [-0.4, -0.2) is 50.5 Å². The van der Waals surface area contributed by atoms with E-state index in [0.717, 1.165) is 4.90 Å². The number of esters is 1. The fraction of sp³-hybridized carbons (Fsp3) is 0.304. The van der Waals surface area contributed by atoms with Crippen LogP contribution in [0.25, 0.3) is 0 Å². The molecule has 0 spiro atoms. The first-order chi connectivity index (χ1) is 15.0. The van der Waals surface area contributed by atoms with Gasteiger partial charge in [0.25, 0.3) is 0 Å². The first-order valence-electron chi connectivity index (χ1n) is 9.83. The van der Waals surface area contributed by atoms with Gasteiger partial charge in [0.15, 0.2) is 0 Å². The molecule has 164 valence electrons. The molecule has 0 aliphatic carbocycles.